The predicted molar refractivity (Wildman–Crippen MR) is 98.8 cm³/mol. The largest absolute Gasteiger partial charge is 0.322 e. The van der Waals surface area contributed by atoms with Crippen molar-refractivity contribution in [2.45, 2.75) is 0 Å². The highest BCUT2D eigenvalue weighted by molar-refractivity contribution is 14.1. The highest BCUT2D eigenvalue weighted by Gasteiger charge is 2.07. The van der Waals surface area contributed by atoms with E-state index in [0.29, 0.717) is 5.56 Å². The lowest BCUT2D eigenvalue weighted by Gasteiger charge is -2.07. The van der Waals surface area contributed by atoms with Crippen LogP contribution in [0.5, 0.6) is 0 Å². The average Bonchev–Trinajstić information content (AvgIpc) is 2.49. The third-order valence-electron chi connectivity index (χ3n) is 3.17. The number of benzene rings is 3. The minimum Gasteiger partial charge on any atom is -0.322 e. The Hall–Kier alpha value is -1.40. The topological polar surface area (TPSA) is 29.1 Å². The van der Waals surface area contributed by atoms with Gasteiger partial charge in [0.05, 0.1) is 0 Å². The monoisotopic (exact) mass is 451 g/mol. The van der Waals surface area contributed by atoms with Crippen molar-refractivity contribution >= 4 is 60.9 Å². The molecule has 0 radical (unpaired) electrons. The molecule has 1 amide bonds. The first kappa shape index (κ1) is 14.5. The lowest BCUT2D eigenvalue weighted by Crippen LogP contribution is -2.11. The van der Waals surface area contributed by atoms with Crippen LogP contribution in [0.15, 0.2) is 65.1 Å². The second-order valence-electron chi connectivity index (χ2n) is 4.67. The number of anilines is 1. The number of carbonyl (C=O) groups excluding carboxylic acids is 1. The molecule has 3 aromatic carbocycles. The van der Waals surface area contributed by atoms with Crippen LogP contribution in [-0.2, 0) is 0 Å². The minimum absolute atomic E-state index is 0.0963. The summed E-state index contributed by atoms with van der Waals surface area (Å²) >= 11 is 5.69. The fraction of sp³-hybridized carbons (Fsp3) is 0. The number of hydrogen-bond donors (Lipinski definition) is 1. The van der Waals surface area contributed by atoms with Crippen molar-refractivity contribution in [1.29, 1.82) is 0 Å². The van der Waals surface area contributed by atoms with Gasteiger partial charge in [0, 0.05) is 19.3 Å². The fourth-order valence-electron chi connectivity index (χ4n) is 2.09. The molecule has 2 nitrogen and oxygen atoms in total. The summed E-state index contributed by atoms with van der Waals surface area (Å²) in [4.78, 5) is 12.3. The zero-order valence-corrected chi connectivity index (χ0v) is 14.7. The average molecular weight is 452 g/mol. The van der Waals surface area contributed by atoms with Gasteiger partial charge >= 0.3 is 0 Å². The molecule has 4 heteroatoms. The van der Waals surface area contributed by atoms with E-state index in [1.165, 1.54) is 0 Å². The highest BCUT2D eigenvalue weighted by Crippen LogP contribution is 2.21. The number of halogens is 2. The highest BCUT2D eigenvalue weighted by atomic mass is 127. The summed E-state index contributed by atoms with van der Waals surface area (Å²) in [6.45, 7) is 0. The van der Waals surface area contributed by atoms with Gasteiger partial charge in [0.1, 0.15) is 0 Å². The molecule has 0 heterocycles. The summed E-state index contributed by atoms with van der Waals surface area (Å²) in [6, 6.07) is 19.5. The number of amides is 1. The van der Waals surface area contributed by atoms with Gasteiger partial charge < -0.3 is 5.32 Å². The fourth-order valence-corrected chi connectivity index (χ4v) is 2.83. The van der Waals surface area contributed by atoms with Crippen LogP contribution in [0.3, 0.4) is 0 Å². The summed E-state index contributed by atoms with van der Waals surface area (Å²) in [5, 5.41) is 5.07. The number of hydrogen-bond acceptors (Lipinski definition) is 1. The molecular formula is C17H11BrINO. The molecule has 0 aliphatic heterocycles. The molecule has 0 fully saturated rings. The van der Waals surface area contributed by atoms with Gasteiger partial charge in [0.2, 0.25) is 0 Å². The number of nitrogens with one attached hydrogen (secondary N) is 1. The summed E-state index contributed by atoms with van der Waals surface area (Å²) in [7, 11) is 0. The molecule has 3 rings (SSSR count). The summed E-state index contributed by atoms with van der Waals surface area (Å²) in [5.41, 5.74) is 1.46. The number of rotatable bonds is 2. The van der Waals surface area contributed by atoms with Crippen LogP contribution in [0.1, 0.15) is 10.4 Å². The van der Waals surface area contributed by atoms with E-state index in [1.807, 2.05) is 60.7 Å². The van der Waals surface area contributed by atoms with Crippen LogP contribution in [0.2, 0.25) is 0 Å². The van der Waals surface area contributed by atoms with Gasteiger partial charge in [-0.1, -0.05) is 28.1 Å². The van der Waals surface area contributed by atoms with Crippen molar-refractivity contribution in [2.24, 2.45) is 0 Å². The molecule has 0 atom stereocenters. The Balaban J connectivity index is 1.87. The first-order chi connectivity index (χ1) is 10.1. The summed E-state index contributed by atoms with van der Waals surface area (Å²) in [6.07, 6.45) is 0. The molecule has 21 heavy (non-hydrogen) atoms. The first-order valence-corrected chi connectivity index (χ1v) is 8.25. The number of fused-ring (bicyclic) bond motifs is 1. The van der Waals surface area contributed by atoms with Crippen LogP contribution in [0.25, 0.3) is 10.8 Å². The number of carbonyl (C=O) groups is 1. The van der Waals surface area contributed by atoms with E-state index in [0.717, 1.165) is 24.5 Å². The molecule has 104 valence electrons. The van der Waals surface area contributed by atoms with Gasteiger partial charge in [-0.15, -0.1) is 0 Å². The molecule has 0 aliphatic carbocycles. The van der Waals surface area contributed by atoms with E-state index in [4.69, 9.17) is 0 Å². The maximum absolute atomic E-state index is 12.3. The zero-order chi connectivity index (χ0) is 14.8. The van der Waals surface area contributed by atoms with Crippen LogP contribution in [-0.4, -0.2) is 5.91 Å². The zero-order valence-electron chi connectivity index (χ0n) is 10.9. The maximum atomic E-state index is 12.3. The normalized spacial score (nSPS) is 10.6. The molecule has 3 aromatic rings. The summed E-state index contributed by atoms with van der Waals surface area (Å²) in [5.74, 6) is -0.0963. The van der Waals surface area contributed by atoms with Crippen LogP contribution >= 0.6 is 38.5 Å². The van der Waals surface area contributed by atoms with Crippen molar-refractivity contribution < 1.29 is 4.79 Å². The van der Waals surface area contributed by atoms with Gasteiger partial charge in [-0.05, 0) is 81.9 Å². The van der Waals surface area contributed by atoms with Crippen LogP contribution in [0.4, 0.5) is 5.69 Å². The molecule has 0 saturated heterocycles. The van der Waals surface area contributed by atoms with Gasteiger partial charge in [0.25, 0.3) is 5.91 Å². The van der Waals surface area contributed by atoms with Crippen molar-refractivity contribution in [2.75, 3.05) is 5.32 Å². The Morgan fingerprint density at radius 1 is 0.905 bits per heavy atom. The molecule has 0 saturated carbocycles. The minimum atomic E-state index is -0.0963. The van der Waals surface area contributed by atoms with Crippen molar-refractivity contribution in [3.63, 3.8) is 0 Å². The Bertz CT molecular complexity index is 815. The Kier molecular flexibility index (Phi) is 4.26. The molecular weight excluding hydrogens is 441 g/mol. The van der Waals surface area contributed by atoms with E-state index < -0.39 is 0 Å². The maximum Gasteiger partial charge on any atom is 0.255 e. The lowest BCUT2D eigenvalue weighted by atomic mass is 10.1. The SMILES string of the molecule is O=C(Nc1ccc(I)cc1)c1ccc2cc(Br)ccc2c1. The molecule has 0 bridgehead atoms. The molecule has 0 unspecified atom stereocenters. The van der Waals surface area contributed by atoms with Gasteiger partial charge in [-0.3, -0.25) is 4.79 Å². The third kappa shape index (κ3) is 3.44. The molecule has 0 aliphatic rings. The van der Waals surface area contributed by atoms with Crippen molar-refractivity contribution in [3.05, 3.63) is 74.3 Å². The first-order valence-electron chi connectivity index (χ1n) is 6.38. The van der Waals surface area contributed by atoms with E-state index in [9.17, 15) is 4.79 Å². The second kappa shape index (κ2) is 6.15. The standard InChI is InChI=1S/C17H11BrINO/c18-14-4-3-11-9-13(2-1-12(11)10-14)17(21)20-16-7-5-15(19)6-8-16/h1-10H,(H,20,21). The lowest BCUT2D eigenvalue weighted by molar-refractivity contribution is 0.102. The van der Waals surface area contributed by atoms with E-state index >= 15 is 0 Å². The van der Waals surface area contributed by atoms with Gasteiger partial charge in [-0.25, -0.2) is 0 Å². The Morgan fingerprint density at radius 2 is 1.57 bits per heavy atom. The van der Waals surface area contributed by atoms with Gasteiger partial charge in [-0.2, -0.15) is 0 Å². The van der Waals surface area contributed by atoms with Crippen molar-refractivity contribution in [1.82, 2.24) is 0 Å². The van der Waals surface area contributed by atoms with Crippen molar-refractivity contribution in [3.8, 4) is 0 Å². The molecule has 0 aromatic heterocycles. The second-order valence-corrected chi connectivity index (χ2v) is 6.83. The summed E-state index contributed by atoms with van der Waals surface area (Å²) < 4.78 is 2.17. The predicted octanol–water partition coefficient (Wildman–Crippen LogP) is 5.46. The Labute approximate surface area is 144 Å². The van der Waals surface area contributed by atoms with E-state index in [2.05, 4.69) is 43.8 Å². The van der Waals surface area contributed by atoms with Crippen LogP contribution in [0, 0.1) is 3.57 Å². The smallest absolute Gasteiger partial charge is 0.255 e. The molecule has 1 N–H and O–H groups in total. The van der Waals surface area contributed by atoms with Gasteiger partial charge in [0.15, 0.2) is 0 Å². The Morgan fingerprint density at radius 3 is 2.33 bits per heavy atom. The third-order valence-corrected chi connectivity index (χ3v) is 4.38. The van der Waals surface area contributed by atoms with E-state index in [-0.39, 0.29) is 5.91 Å². The van der Waals surface area contributed by atoms with Crippen LogP contribution < -0.4 is 5.32 Å². The quantitative estimate of drug-likeness (QED) is 0.515. The van der Waals surface area contributed by atoms with E-state index in [1.54, 1.807) is 0 Å². The molecule has 0 spiro atoms.